The molecule has 0 aliphatic rings. The minimum atomic E-state index is -0.505. The molecule has 0 bridgehead atoms. The number of nitrogens with zero attached hydrogens (tertiary/aromatic N) is 1. The molecule has 0 atom stereocenters. The number of halogens is 1. The zero-order valence-electron chi connectivity index (χ0n) is 18.1. The summed E-state index contributed by atoms with van der Waals surface area (Å²) in [6.45, 7) is 3.62. The third-order valence-electron chi connectivity index (χ3n) is 4.58. The summed E-state index contributed by atoms with van der Waals surface area (Å²) < 4.78 is 6.25. The Kier molecular flexibility index (Phi) is 8.10. The van der Waals surface area contributed by atoms with Gasteiger partial charge in [-0.2, -0.15) is 5.10 Å². The van der Waals surface area contributed by atoms with E-state index in [1.165, 1.54) is 6.21 Å². The van der Waals surface area contributed by atoms with Crippen LogP contribution in [0.2, 0.25) is 0 Å². The minimum absolute atomic E-state index is 0.238. The zero-order chi connectivity index (χ0) is 23.8. The molecule has 2 amide bonds. The van der Waals surface area contributed by atoms with E-state index in [4.69, 9.17) is 4.74 Å². The molecule has 3 aromatic carbocycles. The van der Waals surface area contributed by atoms with Gasteiger partial charge >= 0.3 is 5.97 Å². The van der Waals surface area contributed by atoms with E-state index in [2.05, 4.69) is 31.8 Å². The number of carbonyl (C=O) groups is 3. The first-order chi connectivity index (χ1) is 15.8. The van der Waals surface area contributed by atoms with Crippen LogP contribution in [0, 0.1) is 13.8 Å². The van der Waals surface area contributed by atoms with Gasteiger partial charge in [0.2, 0.25) is 0 Å². The summed E-state index contributed by atoms with van der Waals surface area (Å²) in [7, 11) is 0. The number of hydrogen-bond donors (Lipinski definition) is 2. The van der Waals surface area contributed by atoms with Gasteiger partial charge in [-0.3, -0.25) is 9.59 Å². The number of ether oxygens (including phenoxy) is 1. The van der Waals surface area contributed by atoms with Gasteiger partial charge in [-0.05, 0) is 56.3 Å². The van der Waals surface area contributed by atoms with Crippen LogP contribution >= 0.6 is 15.9 Å². The first-order valence-electron chi connectivity index (χ1n) is 10.1. The second-order valence-corrected chi connectivity index (χ2v) is 8.20. The Morgan fingerprint density at radius 3 is 2.15 bits per heavy atom. The molecule has 2 N–H and O–H groups in total. The molecule has 0 heterocycles. The molecule has 0 aliphatic heterocycles. The molecule has 0 fully saturated rings. The summed E-state index contributed by atoms with van der Waals surface area (Å²) in [5.41, 5.74) is 5.78. The zero-order valence-corrected chi connectivity index (χ0v) is 19.7. The average Bonchev–Trinajstić information content (AvgIpc) is 2.80. The lowest BCUT2D eigenvalue weighted by molar-refractivity contribution is -0.120. The minimum Gasteiger partial charge on any atom is -0.422 e. The molecule has 3 rings (SSSR count). The highest BCUT2D eigenvalue weighted by Crippen LogP contribution is 2.23. The number of hydrogen-bond acceptors (Lipinski definition) is 5. The average molecular weight is 508 g/mol. The topological polar surface area (TPSA) is 96.9 Å². The Balaban J connectivity index is 1.58. The number of nitrogens with one attached hydrogen (secondary N) is 2. The Morgan fingerprint density at radius 1 is 0.909 bits per heavy atom. The van der Waals surface area contributed by atoms with Crippen LogP contribution < -0.4 is 15.5 Å². The van der Waals surface area contributed by atoms with Crippen LogP contribution in [0.3, 0.4) is 0 Å². The van der Waals surface area contributed by atoms with Gasteiger partial charge in [0.25, 0.3) is 11.8 Å². The van der Waals surface area contributed by atoms with Gasteiger partial charge in [0, 0.05) is 15.6 Å². The van der Waals surface area contributed by atoms with Crippen molar-refractivity contribution in [3.05, 3.63) is 99.0 Å². The van der Waals surface area contributed by atoms with E-state index >= 15 is 0 Å². The maximum atomic E-state index is 12.4. The van der Waals surface area contributed by atoms with Crippen molar-refractivity contribution in [1.29, 1.82) is 0 Å². The molecule has 0 radical (unpaired) electrons. The van der Waals surface area contributed by atoms with Crippen molar-refractivity contribution in [3.8, 4) is 5.75 Å². The van der Waals surface area contributed by atoms with E-state index in [9.17, 15) is 14.4 Å². The van der Waals surface area contributed by atoms with Crippen LogP contribution in [0.4, 0.5) is 0 Å². The SMILES string of the molecule is Cc1ccc(C(=O)NCC(=O)N/N=C/c2cc(Br)ccc2OC(=O)c2ccc(C)cc2)cc1. The first kappa shape index (κ1) is 23.9. The molecule has 7 nitrogen and oxygen atoms in total. The number of esters is 1. The van der Waals surface area contributed by atoms with Crippen LogP contribution in [0.1, 0.15) is 37.4 Å². The van der Waals surface area contributed by atoms with Crippen molar-refractivity contribution in [2.75, 3.05) is 6.54 Å². The fraction of sp³-hybridized carbons (Fsp3) is 0.120. The van der Waals surface area contributed by atoms with E-state index < -0.39 is 11.9 Å². The highest BCUT2D eigenvalue weighted by atomic mass is 79.9. The van der Waals surface area contributed by atoms with Crippen molar-refractivity contribution in [1.82, 2.24) is 10.7 Å². The Morgan fingerprint density at radius 2 is 1.52 bits per heavy atom. The Bertz CT molecular complexity index is 1190. The van der Waals surface area contributed by atoms with Gasteiger partial charge in [0.1, 0.15) is 5.75 Å². The molecule has 3 aromatic rings. The smallest absolute Gasteiger partial charge is 0.343 e. The summed E-state index contributed by atoms with van der Waals surface area (Å²) in [5.74, 6) is -1.07. The van der Waals surface area contributed by atoms with E-state index in [0.717, 1.165) is 15.6 Å². The molecule has 33 heavy (non-hydrogen) atoms. The number of amides is 2. The quantitative estimate of drug-likeness (QED) is 0.217. The molecule has 0 saturated heterocycles. The van der Waals surface area contributed by atoms with Crippen molar-refractivity contribution in [3.63, 3.8) is 0 Å². The maximum Gasteiger partial charge on any atom is 0.343 e. The second kappa shape index (κ2) is 11.2. The van der Waals surface area contributed by atoms with Crippen molar-refractivity contribution in [2.24, 2.45) is 5.10 Å². The standard InChI is InChI=1S/C25H22BrN3O4/c1-16-3-7-18(8-4-16)24(31)27-15-23(30)29-28-14-20-13-21(26)11-12-22(20)33-25(32)19-9-5-17(2)6-10-19/h3-14H,15H2,1-2H3,(H,27,31)(H,29,30)/b28-14+. The van der Waals surface area contributed by atoms with Crippen LogP contribution in [-0.4, -0.2) is 30.5 Å². The molecule has 8 heteroatoms. The number of carbonyl (C=O) groups excluding carboxylic acids is 3. The summed E-state index contributed by atoms with van der Waals surface area (Å²) in [6.07, 6.45) is 1.36. The van der Waals surface area contributed by atoms with Crippen LogP contribution in [0.25, 0.3) is 0 Å². The van der Waals surface area contributed by atoms with E-state index in [-0.39, 0.29) is 18.2 Å². The molecule has 0 unspecified atom stereocenters. The Labute approximate surface area is 200 Å². The lowest BCUT2D eigenvalue weighted by Gasteiger charge is -2.08. The number of aryl methyl sites for hydroxylation is 2. The summed E-state index contributed by atoms with van der Waals surface area (Å²) in [5, 5.41) is 6.44. The predicted molar refractivity (Wildman–Crippen MR) is 130 cm³/mol. The van der Waals surface area contributed by atoms with Gasteiger partial charge in [-0.25, -0.2) is 10.2 Å². The largest absolute Gasteiger partial charge is 0.422 e. The predicted octanol–water partition coefficient (Wildman–Crippen LogP) is 4.17. The third kappa shape index (κ3) is 7.11. The van der Waals surface area contributed by atoms with E-state index in [1.54, 1.807) is 42.5 Å². The molecular formula is C25H22BrN3O4. The first-order valence-corrected chi connectivity index (χ1v) is 10.9. The highest BCUT2D eigenvalue weighted by Gasteiger charge is 2.12. The van der Waals surface area contributed by atoms with Crippen molar-refractivity contribution in [2.45, 2.75) is 13.8 Å². The fourth-order valence-corrected chi connectivity index (χ4v) is 3.12. The molecule has 0 aromatic heterocycles. The van der Waals surface area contributed by atoms with Gasteiger partial charge in [0.05, 0.1) is 18.3 Å². The van der Waals surface area contributed by atoms with Gasteiger partial charge in [0.15, 0.2) is 0 Å². The van der Waals surface area contributed by atoms with Crippen molar-refractivity contribution >= 4 is 39.9 Å². The normalized spacial score (nSPS) is 10.6. The lowest BCUT2D eigenvalue weighted by atomic mass is 10.1. The second-order valence-electron chi connectivity index (χ2n) is 7.28. The van der Waals surface area contributed by atoms with Crippen molar-refractivity contribution < 1.29 is 19.1 Å². The van der Waals surface area contributed by atoms with E-state index in [0.29, 0.717) is 16.7 Å². The molecule has 0 spiro atoms. The summed E-state index contributed by atoms with van der Waals surface area (Å²) >= 11 is 3.37. The van der Waals surface area contributed by atoms with Crippen LogP contribution in [0.15, 0.2) is 76.3 Å². The molecule has 0 saturated carbocycles. The van der Waals surface area contributed by atoms with Gasteiger partial charge < -0.3 is 10.1 Å². The monoisotopic (exact) mass is 507 g/mol. The fourth-order valence-electron chi connectivity index (χ4n) is 2.74. The molecule has 0 aliphatic carbocycles. The maximum absolute atomic E-state index is 12.4. The Hall–Kier alpha value is -3.78. The highest BCUT2D eigenvalue weighted by molar-refractivity contribution is 9.10. The van der Waals surface area contributed by atoms with Crippen LogP contribution in [0.5, 0.6) is 5.75 Å². The number of hydrazone groups is 1. The van der Waals surface area contributed by atoms with E-state index in [1.807, 2.05) is 38.1 Å². The summed E-state index contributed by atoms with van der Waals surface area (Å²) in [4.78, 5) is 36.6. The van der Waals surface area contributed by atoms with Gasteiger partial charge in [-0.1, -0.05) is 51.3 Å². The van der Waals surface area contributed by atoms with Gasteiger partial charge in [-0.15, -0.1) is 0 Å². The van der Waals surface area contributed by atoms with Crippen LogP contribution in [-0.2, 0) is 4.79 Å². The molecular weight excluding hydrogens is 486 g/mol. The molecule has 168 valence electrons. The third-order valence-corrected chi connectivity index (χ3v) is 5.07. The summed E-state index contributed by atoms with van der Waals surface area (Å²) in [6, 6.07) is 19.1. The number of benzene rings is 3. The number of rotatable bonds is 7. The lowest BCUT2D eigenvalue weighted by Crippen LogP contribution is -2.34.